The zero-order valence-corrected chi connectivity index (χ0v) is 12.4. The monoisotopic (exact) mass is 296 g/mol. The number of nitrogens with zero attached hydrogens (tertiary/aromatic N) is 1. The van der Waals surface area contributed by atoms with E-state index >= 15 is 0 Å². The van der Waals surface area contributed by atoms with Gasteiger partial charge in [-0.15, -0.1) is 0 Å². The molecule has 2 aromatic rings. The molecule has 1 aliphatic carbocycles. The van der Waals surface area contributed by atoms with Crippen LogP contribution in [0.3, 0.4) is 0 Å². The van der Waals surface area contributed by atoms with Crippen LogP contribution in [-0.2, 0) is 0 Å². The molecule has 3 rings (SSSR count). The zero-order valence-electron chi connectivity index (χ0n) is 12.4. The van der Waals surface area contributed by atoms with E-state index in [0.717, 1.165) is 11.5 Å². The van der Waals surface area contributed by atoms with Crippen molar-refractivity contribution < 1.29 is 4.79 Å². The number of carbonyl (C=O) groups is 1. The van der Waals surface area contributed by atoms with E-state index in [0.29, 0.717) is 11.7 Å². The van der Waals surface area contributed by atoms with Crippen LogP contribution in [-0.4, -0.2) is 17.1 Å². The summed E-state index contributed by atoms with van der Waals surface area (Å²) in [5, 5.41) is 8.96. The molecule has 0 radical (unpaired) electrons. The van der Waals surface area contributed by atoms with E-state index in [1.165, 1.54) is 25.7 Å². The minimum Gasteiger partial charge on any atom is -0.367 e. The molecule has 0 spiro atoms. The minimum atomic E-state index is -0.274. The van der Waals surface area contributed by atoms with Crippen molar-refractivity contribution in [1.82, 2.24) is 4.98 Å². The summed E-state index contributed by atoms with van der Waals surface area (Å²) in [6.45, 7) is 0. The molecule has 1 heterocycles. The normalized spacial score (nSPS) is 14.5. The molecule has 1 aliphatic rings. The van der Waals surface area contributed by atoms with E-state index < -0.39 is 0 Å². The van der Waals surface area contributed by atoms with E-state index in [-0.39, 0.29) is 6.03 Å². The van der Waals surface area contributed by atoms with E-state index in [1.54, 1.807) is 6.20 Å². The SMILES string of the molecule is O=C(Nc1ccccc1)Nc1ccc(NC2CCCC2)nc1. The highest BCUT2D eigenvalue weighted by Crippen LogP contribution is 2.21. The van der Waals surface area contributed by atoms with Crippen molar-refractivity contribution in [2.45, 2.75) is 31.7 Å². The number of hydrogen-bond donors (Lipinski definition) is 3. The lowest BCUT2D eigenvalue weighted by Crippen LogP contribution is -2.19. The van der Waals surface area contributed by atoms with Crippen molar-refractivity contribution in [3.63, 3.8) is 0 Å². The maximum absolute atomic E-state index is 11.9. The average Bonchev–Trinajstić information content (AvgIpc) is 3.03. The largest absolute Gasteiger partial charge is 0.367 e. The Morgan fingerprint density at radius 3 is 2.36 bits per heavy atom. The molecule has 0 bridgehead atoms. The Labute approximate surface area is 130 Å². The number of para-hydroxylation sites is 1. The summed E-state index contributed by atoms with van der Waals surface area (Å²) in [5.41, 5.74) is 1.43. The zero-order chi connectivity index (χ0) is 15.2. The van der Waals surface area contributed by atoms with Gasteiger partial charge in [-0.05, 0) is 37.1 Å². The van der Waals surface area contributed by atoms with Crippen LogP contribution in [0.5, 0.6) is 0 Å². The van der Waals surface area contributed by atoms with E-state index in [2.05, 4.69) is 20.9 Å². The van der Waals surface area contributed by atoms with Gasteiger partial charge in [-0.2, -0.15) is 0 Å². The van der Waals surface area contributed by atoms with Gasteiger partial charge < -0.3 is 16.0 Å². The van der Waals surface area contributed by atoms with Crippen LogP contribution in [0.25, 0.3) is 0 Å². The Bertz CT molecular complexity index is 606. The summed E-state index contributed by atoms with van der Waals surface area (Å²) in [4.78, 5) is 16.2. The molecule has 1 aromatic carbocycles. The van der Waals surface area contributed by atoms with Gasteiger partial charge in [0.2, 0.25) is 0 Å². The van der Waals surface area contributed by atoms with Crippen LogP contribution >= 0.6 is 0 Å². The van der Waals surface area contributed by atoms with Crippen molar-refractivity contribution in [3.05, 3.63) is 48.7 Å². The number of pyridine rings is 1. The van der Waals surface area contributed by atoms with Gasteiger partial charge in [-0.1, -0.05) is 31.0 Å². The van der Waals surface area contributed by atoms with Gasteiger partial charge >= 0.3 is 6.03 Å². The Morgan fingerprint density at radius 2 is 1.68 bits per heavy atom. The summed E-state index contributed by atoms with van der Waals surface area (Å²) < 4.78 is 0. The quantitative estimate of drug-likeness (QED) is 0.796. The third-order valence-corrected chi connectivity index (χ3v) is 3.76. The van der Waals surface area contributed by atoms with Crippen LogP contribution in [0.1, 0.15) is 25.7 Å². The number of aromatic nitrogens is 1. The second-order valence-corrected chi connectivity index (χ2v) is 5.50. The Balaban J connectivity index is 1.53. The number of amides is 2. The first-order valence-electron chi connectivity index (χ1n) is 7.65. The van der Waals surface area contributed by atoms with Gasteiger partial charge in [0.25, 0.3) is 0 Å². The fourth-order valence-electron chi connectivity index (χ4n) is 2.65. The molecule has 114 valence electrons. The van der Waals surface area contributed by atoms with Gasteiger partial charge in [0, 0.05) is 11.7 Å². The lowest BCUT2D eigenvalue weighted by atomic mass is 10.2. The molecule has 1 fully saturated rings. The summed E-state index contributed by atoms with van der Waals surface area (Å²) in [7, 11) is 0. The third-order valence-electron chi connectivity index (χ3n) is 3.76. The number of carbonyl (C=O) groups excluding carboxylic acids is 1. The molecule has 5 nitrogen and oxygen atoms in total. The smallest absolute Gasteiger partial charge is 0.323 e. The van der Waals surface area contributed by atoms with Crippen molar-refractivity contribution in [2.75, 3.05) is 16.0 Å². The summed E-state index contributed by atoms with van der Waals surface area (Å²) in [6.07, 6.45) is 6.66. The molecule has 3 N–H and O–H groups in total. The number of anilines is 3. The highest BCUT2D eigenvalue weighted by atomic mass is 16.2. The molecule has 0 atom stereocenters. The van der Waals surface area contributed by atoms with Crippen molar-refractivity contribution in [3.8, 4) is 0 Å². The van der Waals surface area contributed by atoms with Crippen molar-refractivity contribution in [2.24, 2.45) is 0 Å². The van der Waals surface area contributed by atoms with Crippen molar-refractivity contribution in [1.29, 1.82) is 0 Å². The van der Waals surface area contributed by atoms with Gasteiger partial charge in [0.15, 0.2) is 0 Å². The fraction of sp³-hybridized carbons (Fsp3) is 0.294. The second-order valence-electron chi connectivity index (χ2n) is 5.50. The maximum atomic E-state index is 11.9. The second kappa shape index (κ2) is 6.93. The topological polar surface area (TPSA) is 66.1 Å². The minimum absolute atomic E-state index is 0.274. The predicted octanol–water partition coefficient (Wildman–Crippen LogP) is 4.08. The Hall–Kier alpha value is -2.56. The first kappa shape index (κ1) is 14.4. The highest BCUT2D eigenvalue weighted by Gasteiger charge is 2.14. The van der Waals surface area contributed by atoms with Crippen LogP contribution in [0, 0.1) is 0 Å². The average molecular weight is 296 g/mol. The van der Waals surface area contributed by atoms with Gasteiger partial charge in [-0.25, -0.2) is 9.78 Å². The number of benzene rings is 1. The van der Waals surface area contributed by atoms with Crippen LogP contribution < -0.4 is 16.0 Å². The summed E-state index contributed by atoms with van der Waals surface area (Å²) >= 11 is 0. The molecule has 22 heavy (non-hydrogen) atoms. The first-order chi connectivity index (χ1) is 10.8. The molecular weight excluding hydrogens is 276 g/mol. The van der Waals surface area contributed by atoms with Crippen LogP contribution in [0.15, 0.2) is 48.7 Å². The standard InChI is InChI=1S/C17H20N4O/c22-17(20-14-6-2-1-3-7-14)21-15-10-11-16(18-12-15)19-13-8-4-5-9-13/h1-3,6-7,10-13H,4-5,8-9H2,(H,18,19)(H2,20,21,22). The Kier molecular flexibility index (Phi) is 4.53. The van der Waals surface area contributed by atoms with Crippen molar-refractivity contribution >= 4 is 23.2 Å². The van der Waals surface area contributed by atoms with E-state index in [1.807, 2.05) is 42.5 Å². The van der Waals surface area contributed by atoms with Crippen LogP contribution in [0.2, 0.25) is 0 Å². The molecule has 2 amide bonds. The molecule has 1 aromatic heterocycles. The molecule has 0 unspecified atom stereocenters. The lowest BCUT2D eigenvalue weighted by Gasteiger charge is -2.13. The molecule has 0 saturated heterocycles. The highest BCUT2D eigenvalue weighted by molar-refractivity contribution is 5.99. The van der Waals surface area contributed by atoms with E-state index in [9.17, 15) is 4.79 Å². The van der Waals surface area contributed by atoms with Gasteiger partial charge in [0.1, 0.15) is 5.82 Å². The maximum Gasteiger partial charge on any atom is 0.323 e. The third kappa shape index (κ3) is 3.97. The lowest BCUT2D eigenvalue weighted by molar-refractivity contribution is 0.262. The molecular formula is C17H20N4O. The number of urea groups is 1. The number of nitrogens with one attached hydrogen (secondary N) is 3. The van der Waals surface area contributed by atoms with Crippen LogP contribution in [0.4, 0.5) is 22.0 Å². The Morgan fingerprint density at radius 1 is 0.955 bits per heavy atom. The molecule has 5 heteroatoms. The summed E-state index contributed by atoms with van der Waals surface area (Å²) in [6, 6.07) is 13.4. The number of hydrogen-bond acceptors (Lipinski definition) is 3. The first-order valence-corrected chi connectivity index (χ1v) is 7.65. The molecule has 1 saturated carbocycles. The molecule has 0 aliphatic heterocycles. The fourth-order valence-corrected chi connectivity index (χ4v) is 2.65. The van der Waals surface area contributed by atoms with Gasteiger partial charge in [0.05, 0.1) is 11.9 Å². The van der Waals surface area contributed by atoms with Gasteiger partial charge in [-0.3, -0.25) is 0 Å². The number of rotatable bonds is 4. The summed E-state index contributed by atoms with van der Waals surface area (Å²) in [5.74, 6) is 0.862. The van der Waals surface area contributed by atoms with E-state index in [4.69, 9.17) is 0 Å². The predicted molar refractivity (Wildman–Crippen MR) is 89.2 cm³/mol.